The largest absolute Gasteiger partial charge is 0.479 e. The van der Waals surface area contributed by atoms with E-state index in [0.717, 1.165) is 24.5 Å². The zero-order chi connectivity index (χ0) is 8.84. The average Bonchev–Trinajstić information content (AvgIpc) is 2.63. The van der Waals surface area contributed by atoms with Crippen molar-refractivity contribution < 1.29 is 4.74 Å². The SMILES string of the molecule is SC1Cc2cc3c(cc2O1)NCN3. The molecule has 0 radical (unpaired) electrons. The topological polar surface area (TPSA) is 33.3 Å². The van der Waals surface area contributed by atoms with Gasteiger partial charge in [-0.05, 0) is 6.07 Å². The van der Waals surface area contributed by atoms with E-state index in [9.17, 15) is 0 Å². The van der Waals surface area contributed by atoms with E-state index in [1.807, 2.05) is 6.07 Å². The van der Waals surface area contributed by atoms with Crippen LogP contribution in [-0.2, 0) is 6.42 Å². The Morgan fingerprint density at radius 2 is 2.08 bits per heavy atom. The fraction of sp³-hybridized carbons (Fsp3) is 0.333. The van der Waals surface area contributed by atoms with Crippen LogP contribution in [0.4, 0.5) is 11.4 Å². The van der Waals surface area contributed by atoms with Crippen LogP contribution >= 0.6 is 12.6 Å². The van der Waals surface area contributed by atoms with Gasteiger partial charge in [-0.3, -0.25) is 0 Å². The lowest BCUT2D eigenvalue weighted by Gasteiger charge is -2.03. The van der Waals surface area contributed by atoms with Crippen molar-refractivity contribution in [3.8, 4) is 5.75 Å². The van der Waals surface area contributed by atoms with E-state index < -0.39 is 0 Å². The molecule has 0 saturated carbocycles. The molecule has 2 N–H and O–H groups in total. The van der Waals surface area contributed by atoms with Gasteiger partial charge in [0.1, 0.15) is 11.2 Å². The van der Waals surface area contributed by atoms with Crippen LogP contribution in [-0.4, -0.2) is 12.1 Å². The van der Waals surface area contributed by atoms with Crippen LogP contribution in [0, 0.1) is 0 Å². The number of thiol groups is 1. The highest BCUT2D eigenvalue weighted by Crippen LogP contribution is 2.38. The molecule has 0 fully saturated rings. The Morgan fingerprint density at radius 1 is 1.31 bits per heavy atom. The molecule has 1 aromatic rings. The first-order chi connectivity index (χ1) is 6.33. The van der Waals surface area contributed by atoms with E-state index in [1.54, 1.807) is 0 Å². The molecule has 13 heavy (non-hydrogen) atoms. The molecule has 2 aliphatic heterocycles. The number of hydrogen-bond donors (Lipinski definition) is 3. The molecule has 68 valence electrons. The number of fused-ring (bicyclic) bond motifs is 2. The maximum Gasteiger partial charge on any atom is 0.145 e. The van der Waals surface area contributed by atoms with Crippen molar-refractivity contribution in [1.82, 2.24) is 0 Å². The molecule has 3 rings (SSSR count). The summed E-state index contributed by atoms with van der Waals surface area (Å²) in [6.45, 7) is 0.808. The Kier molecular flexibility index (Phi) is 1.41. The van der Waals surface area contributed by atoms with E-state index >= 15 is 0 Å². The zero-order valence-corrected chi connectivity index (χ0v) is 7.90. The second-order valence-corrected chi connectivity index (χ2v) is 3.89. The van der Waals surface area contributed by atoms with Gasteiger partial charge < -0.3 is 15.4 Å². The Balaban J connectivity index is 2.10. The quantitative estimate of drug-likeness (QED) is 0.549. The summed E-state index contributed by atoms with van der Waals surface area (Å²) < 4.78 is 5.53. The molecule has 1 atom stereocenters. The Morgan fingerprint density at radius 3 is 2.92 bits per heavy atom. The van der Waals surface area contributed by atoms with E-state index in [1.165, 1.54) is 11.3 Å². The smallest absolute Gasteiger partial charge is 0.145 e. The van der Waals surface area contributed by atoms with Crippen molar-refractivity contribution in [3.63, 3.8) is 0 Å². The normalized spacial score (nSPS) is 22.7. The molecule has 0 aliphatic carbocycles. The molecule has 0 amide bonds. The highest BCUT2D eigenvalue weighted by molar-refractivity contribution is 7.80. The fourth-order valence-corrected chi connectivity index (χ4v) is 2.11. The number of benzene rings is 1. The Labute approximate surface area is 81.9 Å². The van der Waals surface area contributed by atoms with Gasteiger partial charge in [0.15, 0.2) is 0 Å². The Bertz CT molecular complexity index is 334. The lowest BCUT2D eigenvalue weighted by atomic mass is 10.1. The second kappa shape index (κ2) is 2.48. The minimum atomic E-state index is 0.0255. The van der Waals surface area contributed by atoms with E-state index in [-0.39, 0.29) is 5.44 Å². The van der Waals surface area contributed by atoms with E-state index in [0.29, 0.717) is 0 Å². The van der Waals surface area contributed by atoms with Crippen molar-refractivity contribution in [2.75, 3.05) is 17.3 Å². The minimum absolute atomic E-state index is 0.0255. The minimum Gasteiger partial charge on any atom is -0.479 e. The summed E-state index contributed by atoms with van der Waals surface area (Å²) in [5.74, 6) is 0.968. The summed E-state index contributed by atoms with van der Waals surface area (Å²) in [6, 6.07) is 4.18. The molecular formula is C9H10N2OS. The predicted octanol–water partition coefficient (Wildman–Crippen LogP) is 1.67. The van der Waals surface area contributed by atoms with E-state index in [4.69, 9.17) is 4.74 Å². The molecule has 0 bridgehead atoms. The summed E-state index contributed by atoms with van der Waals surface area (Å²) in [7, 11) is 0. The maximum atomic E-state index is 5.53. The van der Waals surface area contributed by atoms with Crippen LogP contribution in [0.15, 0.2) is 12.1 Å². The monoisotopic (exact) mass is 194 g/mol. The van der Waals surface area contributed by atoms with Gasteiger partial charge >= 0.3 is 0 Å². The van der Waals surface area contributed by atoms with Gasteiger partial charge in [0, 0.05) is 18.1 Å². The van der Waals surface area contributed by atoms with Gasteiger partial charge in [-0.2, -0.15) is 0 Å². The molecule has 1 aromatic carbocycles. The average molecular weight is 194 g/mol. The first-order valence-electron chi connectivity index (χ1n) is 4.32. The van der Waals surface area contributed by atoms with Crippen LogP contribution in [0.2, 0.25) is 0 Å². The summed E-state index contributed by atoms with van der Waals surface area (Å²) in [4.78, 5) is 0. The molecule has 0 spiro atoms. The number of nitrogens with one attached hydrogen (secondary N) is 2. The maximum absolute atomic E-state index is 5.53. The molecule has 2 aliphatic rings. The second-order valence-electron chi connectivity index (χ2n) is 3.31. The number of rotatable bonds is 0. The third-order valence-corrected chi connectivity index (χ3v) is 2.70. The summed E-state index contributed by atoms with van der Waals surface area (Å²) in [5, 5.41) is 6.48. The van der Waals surface area contributed by atoms with Gasteiger partial charge in [0.2, 0.25) is 0 Å². The van der Waals surface area contributed by atoms with Crippen molar-refractivity contribution in [2.45, 2.75) is 11.9 Å². The van der Waals surface area contributed by atoms with E-state index in [2.05, 4.69) is 29.3 Å². The zero-order valence-electron chi connectivity index (χ0n) is 7.00. The Hall–Kier alpha value is -1.03. The first kappa shape index (κ1) is 7.38. The molecule has 2 heterocycles. The molecule has 1 unspecified atom stereocenters. The molecule has 4 heteroatoms. The standard InChI is InChI=1S/C9H10N2OS/c13-9-2-5-1-6-7(11-4-10-6)3-8(5)12-9/h1,3,9-11,13H,2,4H2. The molecule has 0 saturated heterocycles. The van der Waals surface area contributed by atoms with Crippen molar-refractivity contribution in [2.24, 2.45) is 0 Å². The fourth-order valence-electron chi connectivity index (χ4n) is 1.80. The third kappa shape index (κ3) is 1.05. The lowest BCUT2D eigenvalue weighted by molar-refractivity contribution is 0.325. The van der Waals surface area contributed by atoms with Crippen LogP contribution in [0.25, 0.3) is 0 Å². The van der Waals surface area contributed by atoms with Gasteiger partial charge in [0.05, 0.1) is 18.0 Å². The summed E-state index contributed by atoms with van der Waals surface area (Å²) in [5.41, 5.74) is 3.57. The van der Waals surface area contributed by atoms with Crippen molar-refractivity contribution >= 4 is 24.0 Å². The van der Waals surface area contributed by atoms with Gasteiger partial charge in [-0.1, -0.05) is 0 Å². The van der Waals surface area contributed by atoms with Crippen molar-refractivity contribution in [3.05, 3.63) is 17.7 Å². The van der Waals surface area contributed by atoms with Crippen LogP contribution in [0.5, 0.6) is 5.75 Å². The number of hydrogen-bond acceptors (Lipinski definition) is 4. The molecular weight excluding hydrogens is 184 g/mol. The van der Waals surface area contributed by atoms with Crippen LogP contribution in [0.1, 0.15) is 5.56 Å². The summed E-state index contributed by atoms with van der Waals surface area (Å²) >= 11 is 4.29. The van der Waals surface area contributed by atoms with Gasteiger partial charge in [-0.15, -0.1) is 12.6 Å². The van der Waals surface area contributed by atoms with Crippen LogP contribution in [0.3, 0.4) is 0 Å². The number of ether oxygens (including phenoxy) is 1. The first-order valence-corrected chi connectivity index (χ1v) is 4.84. The number of anilines is 2. The van der Waals surface area contributed by atoms with Crippen molar-refractivity contribution in [1.29, 1.82) is 0 Å². The van der Waals surface area contributed by atoms with Gasteiger partial charge in [-0.25, -0.2) is 0 Å². The van der Waals surface area contributed by atoms with Crippen LogP contribution < -0.4 is 15.4 Å². The lowest BCUT2D eigenvalue weighted by Crippen LogP contribution is -2.02. The third-order valence-electron chi connectivity index (χ3n) is 2.42. The molecule has 3 nitrogen and oxygen atoms in total. The highest BCUT2D eigenvalue weighted by Gasteiger charge is 2.23. The summed E-state index contributed by atoms with van der Waals surface area (Å²) in [6.07, 6.45) is 0.896. The predicted molar refractivity (Wildman–Crippen MR) is 55.7 cm³/mol. The highest BCUT2D eigenvalue weighted by atomic mass is 32.1. The van der Waals surface area contributed by atoms with Gasteiger partial charge in [0.25, 0.3) is 0 Å². The molecule has 0 aromatic heterocycles.